The van der Waals surface area contributed by atoms with E-state index in [2.05, 4.69) is 5.32 Å². The largest absolute Gasteiger partial charge is 0.348 e. The second-order valence-electron chi connectivity index (χ2n) is 7.68. The zero-order chi connectivity index (χ0) is 24.2. The SMILES string of the molecule is Cc1ccc(S(=O)(=O)N(CC(=O)NC(C)c2ccc(F)cc2)Cc2ccc(Cl)c(Cl)c2)cc1. The lowest BCUT2D eigenvalue weighted by atomic mass is 10.1. The van der Waals surface area contributed by atoms with Crippen molar-refractivity contribution in [2.75, 3.05) is 6.54 Å². The summed E-state index contributed by atoms with van der Waals surface area (Å²) in [6, 6.07) is 16.5. The van der Waals surface area contributed by atoms with Gasteiger partial charge < -0.3 is 5.32 Å². The Hall–Kier alpha value is -2.45. The smallest absolute Gasteiger partial charge is 0.243 e. The van der Waals surface area contributed by atoms with E-state index in [0.29, 0.717) is 16.1 Å². The molecule has 3 rings (SSSR count). The minimum absolute atomic E-state index is 0.0764. The molecule has 0 aliphatic rings. The molecule has 0 aliphatic heterocycles. The number of aryl methyl sites for hydroxylation is 1. The topological polar surface area (TPSA) is 66.5 Å². The summed E-state index contributed by atoms with van der Waals surface area (Å²) in [4.78, 5) is 12.9. The van der Waals surface area contributed by atoms with Crippen LogP contribution >= 0.6 is 23.2 Å². The number of nitrogens with zero attached hydrogens (tertiary/aromatic N) is 1. The van der Waals surface area contributed by atoms with Crippen molar-refractivity contribution in [2.45, 2.75) is 31.3 Å². The second kappa shape index (κ2) is 10.7. The summed E-state index contributed by atoms with van der Waals surface area (Å²) in [5.41, 5.74) is 2.19. The summed E-state index contributed by atoms with van der Waals surface area (Å²) in [7, 11) is -3.99. The maximum Gasteiger partial charge on any atom is 0.243 e. The van der Waals surface area contributed by atoms with E-state index in [9.17, 15) is 17.6 Å². The Kier molecular flexibility index (Phi) is 8.13. The first-order valence-corrected chi connectivity index (χ1v) is 12.3. The summed E-state index contributed by atoms with van der Waals surface area (Å²) < 4.78 is 41.0. The fraction of sp³-hybridized carbons (Fsp3) is 0.208. The fourth-order valence-electron chi connectivity index (χ4n) is 3.21. The maximum absolute atomic E-state index is 13.4. The van der Waals surface area contributed by atoms with E-state index in [1.807, 2.05) is 6.92 Å². The van der Waals surface area contributed by atoms with Crippen molar-refractivity contribution in [3.63, 3.8) is 0 Å². The average molecular weight is 509 g/mol. The van der Waals surface area contributed by atoms with Crippen LogP contribution in [0.5, 0.6) is 0 Å². The number of carbonyl (C=O) groups is 1. The van der Waals surface area contributed by atoms with Gasteiger partial charge in [-0.3, -0.25) is 4.79 Å². The van der Waals surface area contributed by atoms with Crippen molar-refractivity contribution in [1.82, 2.24) is 9.62 Å². The molecule has 0 radical (unpaired) electrons. The summed E-state index contributed by atoms with van der Waals surface area (Å²) in [6.07, 6.45) is 0. The van der Waals surface area contributed by atoms with Gasteiger partial charge in [-0.05, 0) is 61.4 Å². The Balaban J connectivity index is 1.85. The highest BCUT2D eigenvalue weighted by molar-refractivity contribution is 7.89. The van der Waals surface area contributed by atoms with E-state index in [1.54, 1.807) is 49.4 Å². The highest BCUT2D eigenvalue weighted by Crippen LogP contribution is 2.25. The molecule has 0 bridgehead atoms. The van der Waals surface area contributed by atoms with E-state index in [-0.39, 0.29) is 22.3 Å². The Morgan fingerprint density at radius 3 is 2.24 bits per heavy atom. The minimum Gasteiger partial charge on any atom is -0.348 e. The number of nitrogens with one attached hydrogen (secondary N) is 1. The predicted octanol–water partition coefficient (Wildman–Crippen LogP) is 5.51. The Bertz CT molecular complexity index is 1230. The van der Waals surface area contributed by atoms with Gasteiger partial charge in [-0.2, -0.15) is 4.31 Å². The minimum atomic E-state index is -3.99. The average Bonchev–Trinajstić information content (AvgIpc) is 2.76. The van der Waals surface area contributed by atoms with Crippen LogP contribution < -0.4 is 5.32 Å². The summed E-state index contributed by atoms with van der Waals surface area (Å²) in [6.45, 7) is 3.10. The van der Waals surface area contributed by atoms with Crippen LogP contribution in [-0.2, 0) is 21.4 Å². The number of carbonyl (C=O) groups excluding carboxylic acids is 1. The van der Waals surface area contributed by atoms with E-state index in [0.717, 1.165) is 9.87 Å². The quantitative estimate of drug-likeness (QED) is 0.436. The first-order valence-electron chi connectivity index (χ1n) is 10.1. The van der Waals surface area contributed by atoms with Crippen molar-refractivity contribution >= 4 is 39.1 Å². The van der Waals surface area contributed by atoms with Gasteiger partial charge in [0, 0.05) is 6.54 Å². The van der Waals surface area contributed by atoms with E-state index < -0.39 is 28.5 Å². The van der Waals surface area contributed by atoms with Gasteiger partial charge in [0.05, 0.1) is 27.5 Å². The molecule has 174 valence electrons. The van der Waals surface area contributed by atoms with Crippen molar-refractivity contribution in [1.29, 1.82) is 0 Å². The number of hydrogen-bond acceptors (Lipinski definition) is 3. The zero-order valence-electron chi connectivity index (χ0n) is 18.1. The molecule has 0 saturated carbocycles. The molecule has 0 spiro atoms. The molecule has 0 saturated heterocycles. The molecule has 3 aromatic rings. The maximum atomic E-state index is 13.4. The summed E-state index contributed by atoms with van der Waals surface area (Å²) >= 11 is 12.1. The fourth-order valence-corrected chi connectivity index (χ4v) is 4.91. The van der Waals surface area contributed by atoms with Gasteiger partial charge in [-0.1, -0.05) is 59.1 Å². The number of rotatable bonds is 8. The van der Waals surface area contributed by atoms with Crippen LogP contribution in [0.2, 0.25) is 10.0 Å². The molecule has 1 unspecified atom stereocenters. The van der Waals surface area contributed by atoms with Crippen LogP contribution in [0.3, 0.4) is 0 Å². The lowest BCUT2D eigenvalue weighted by Crippen LogP contribution is -2.41. The van der Waals surface area contributed by atoms with Crippen molar-refractivity contribution in [3.8, 4) is 0 Å². The van der Waals surface area contributed by atoms with Crippen molar-refractivity contribution in [3.05, 3.63) is 99.3 Å². The van der Waals surface area contributed by atoms with Crippen LogP contribution in [0.15, 0.2) is 71.6 Å². The van der Waals surface area contributed by atoms with E-state index in [4.69, 9.17) is 23.2 Å². The third-order valence-electron chi connectivity index (χ3n) is 5.07. The number of amides is 1. The van der Waals surface area contributed by atoms with Crippen molar-refractivity contribution < 1.29 is 17.6 Å². The molecule has 5 nitrogen and oxygen atoms in total. The molecule has 0 aromatic heterocycles. The lowest BCUT2D eigenvalue weighted by Gasteiger charge is -2.23. The van der Waals surface area contributed by atoms with Gasteiger partial charge in [0.2, 0.25) is 15.9 Å². The van der Waals surface area contributed by atoms with Gasteiger partial charge in [0.15, 0.2) is 0 Å². The molecule has 3 aromatic carbocycles. The highest BCUT2D eigenvalue weighted by atomic mass is 35.5. The van der Waals surface area contributed by atoms with Crippen LogP contribution in [0, 0.1) is 12.7 Å². The molecule has 33 heavy (non-hydrogen) atoms. The lowest BCUT2D eigenvalue weighted by molar-refractivity contribution is -0.122. The molecule has 0 fully saturated rings. The normalized spacial score (nSPS) is 12.5. The van der Waals surface area contributed by atoms with Gasteiger partial charge in [0.25, 0.3) is 0 Å². The molecule has 1 N–H and O–H groups in total. The molecule has 9 heteroatoms. The predicted molar refractivity (Wildman–Crippen MR) is 128 cm³/mol. The molecular weight excluding hydrogens is 486 g/mol. The third-order valence-corrected chi connectivity index (χ3v) is 7.61. The standard InChI is InChI=1S/C24H23Cl2FN2O3S/c1-16-3-10-21(11-4-16)33(31,32)29(14-18-5-12-22(25)23(26)13-18)15-24(30)28-17(2)19-6-8-20(27)9-7-19/h3-13,17H,14-15H2,1-2H3,(H,28,30). The van der Waals surface area contributed by atoms with E-state index >= 15 is 0 Å². The highest BCUT2D eigenvalue weighted by Gasteiger charge is 2.27. The second-order valence-corrected chi connectivity index (χ2v) is 10.4. The third kappa shape index (κ3) is 6.54. The number of halogens is 3. The monoisotopic (exact) mass is 508 g/mol. The van der Waals surface area contributed by atoms with Gasteiger partial charge in [0.1, 0.15) is 5.82 Å². The van der Waals surface area contributed by atoms with Crippen LogP contribution in [0.1, 0.15) is 29.7 Å². The van der Waals surface area contributed by atoms with Crippen LogP contribution in [0.4, 0.5) is 4.39 Å². The summed E-state index contributed by atoms with van der Waals surface area (Å²) in [5.74, 6) is -0.878. The molecule has 1 amide bonds. The van der Waals surface area contributed by atoms with Gasteiger partial charge in [-0.25, -0.2) is 12.8 Å². The Morgan fingerprint density at radius 1 is 1.00 bits per heavy atom. The Labute approximate surface area is 203 Å². The summed E-state index contributed by atoms with van der Waals surface area (Å²) in [5, 5.41) is 3.41. The first kappa shape index (κ1) is 25.2. The zero-order valence-corrected chi connectivity index (χ0v) is 20.4. The molecule has 0 heterocycles. The molecule has 0 aliphatic carbocycles. The number of benzene rings is 3. The number of sulfonamides is 1. The molecular formula is C24H23Cl2FN2O3S. The first-order chi connectivity index (χ1) is 15.6. The number of hydrogen-bond donors (Lipinski definition) is 1. The molecule has 1 atom stereocenters. The Morgan fingerprint density at radius 2 is 1.64 bits per heavy atom. The van der Waals surface area contributed by atoms with Crippen LogP contribution in [-0.4, -0.2) is 25.2 Å². The van der Waals surface area contributed by atoms with Gasteiger partial charge in [-0.15, -0.1) is 0 Å². The van der Waals surface area contributed by atoms with Gasteiger partial charge >= 0.3 is 0 Å². The van der Waals surface area contributed by atoms with Crippen molar-refractivity contribution in [2.24, 2.45) is 0 Å². The van der Waals surface area contributed by atoms with Crippen LogP contribution in [0.25, 0.3) is 0 Å². The van der Waals surface area contributed by atoms with E-state index in [1.165, 1.54) is 24.3 Å².